The van der Waals surface area contributed by atoms with Crippen molar-refractivity contribution in [2.24, 2.45) is 0 Å². The van der Waals surface area contributed by atoms with E-state index in [1.165, 1.54) is 5.56 Å². The van der Waals surface area contributed by atoms with Crippen LogP contribution in [0.2, 0.25) is 0 Å². The van der Waals surface area contributed by atoms with Gasteiger partial charge in [0.15, 0.2) is 0 Å². The van der Waals surface area contributed by atoms with Crippen molar-refractivity contribution in [2.45, 2.75) is 19.4 Å². The molecule has 1 heterocycles. The number of fused-ring (bicyclic) bond motifs is 1. The van der Waals surface area contributed by atoms with Crippen LogP contribution < -0.4 is 14.8 Å². The first kappa shape index (κ1) is 11.7. The van der Waals surface area contributed by atoms with Gasteiger partial charge in [-0.05, 0) is 41.0 Å². The quantitative estimate of drug-likeness (QED) is 0.923. The summed E-state index contributed by atoms with van der Waals surface area (Å²) >= 11 is 3.50. The molecule has 1 aliphatic rings. The molecule has 0 spiro atoms. The zero-order chi connectivity index (χ0) is 11.5. The monoisotopic (exact) mass is 285 g/mol. The van der Waals surface area contributed by atoms with Gasteiger partial charge in [-0.2, -0.15) is 0 Å². The minimum Gasteiger partial charge on any atom is -0.497 e. The Labute approximate surface area is 104 Å². The maximum Gasteiger partial charge on any atom is 0.138 e. The third kappa shape index (κ3) is 2.18. The highest BCUT2D eigenvalue weighted by Gasteiger charge is 2.26. The molecule has 3 nitrogen and oxygen atoms in total. The van der Waals surface area contributed by atoms with Crippen LogP contribution in [0.15, 0.2) is 16.6 Å². The highest BCUT2D eigenvalue weighted by Crippen LogP contribution is 2.41. The van der Waals surface area contributed by atoms with Crippen molar-refractivity contribution < 1.29 is 9.47 Å². The Balaban J connectivity index is 2.26. The van der Waals surface area contributed by atoms with Crippen LogP contribution in [0.1, 0.15) is 24.9 Å². The summed E-state index contributed by atoms with van der Waals surface area (Å²) < 4.78 is 11.9. The van der Waals surface area contributed by atoms with Crippen molar-refractivity contribution in [1.29, 1.82) is 0 Å². The molecule has 1 aromatic carbocycles. The topological polar surface area (TPSA) is 30.5 Å². The Morgan fingerprint density at radius 2 is 2.38 bits per heavy atom. The molecule has 0 amide bonds. The van der Waals surface area contributed by atoms with Gasteiger partial charge in [-0.25, -0.2) is 0 Å². The van der Waals surface area contributed by atoms with Gasteiger partial charge < -0.3 is 14.8 Å². The molecule has 0 bridgehead atoms. The van der Waals surface area contributed by atoms with Crippen LogP contribution in [-0.2, 0) is 0 Å². The van der Waals surface area contributed by atoms with E-state index in [2.05, 4.69) is 28.2 Å². The molecular weight excluding hydrogens is 270 g/mol. The lowest BCUT2D eigenvalue weighted by molar-refractivity contribution is 0.310. The number of rotatable bonds is 4. The standard InChI is InChI=1S/C12H16BrNO2/c1-3-4-14-11-7-16-12-9(11)5-8(15-2)6-10(12)13/h5-6,11,14H,3-4,7H2,1-2H3. The summed E-state index contributed by atoms with van der Waals surface area (Å²) in [4.78, 5) is 0. The number of benzene rings is 1. The van der Waals surface area contributed by atoms with Crippen LogP contribution in [0.3, 0.4) is 0 Å². The number of methoxy groups -OCH3 is 1. The van der Waals surface area contributed by atoms with E-state index < -0.39 is 0 Å². The molecule has 1 aromatic rings. The molecule has 16 heavy (non-hydrogen) atoms. The summed E-state index contributed by atoms with van der Waals surface area (Å²) in [5.74, 6) is 1.80. The summed E-state index contributed by atoms with van der Waals surface area (Å²) in [7, 11) is 1.68. The summed E-state index contributed by atoms with van der Waals surface area (Å²) in [5.41, 5.74) is 1.18. The molecule has 0 saturated carbocycles. The molecule has 2 rings (SSSR count). The van der Waals surface area contributed by atoms with Crippen LogP contribution in [0.5, 0.6) is 11.5 Å². The SMILES string of the molecule is CCCNC1COc2c(Br)cc(OC)cc21. The fourth-order valence-corrected chi connectivity index (χ4v) is 2.43. The Morgan fingerprint density at radius 1 is 1.56 bits per heavy atom. The average molecular weight is 286 g/mol. The minimum atomic E-state index is 0.279. The Hall–Kier alpha value is -0.740. The van der Waals surface area contributed by atoms with Crippen molar-refractivity contribution in [3.63, 3.8) is 0 Å². The van der Waals surface area contributed by atoms with E-state index in [9.17, 15) is 0 Å². The first-order chi connectivity index (χ1) is 7.76. The van der Waals surface area contributed by atoms with E-state index in [4.69, 9.17) is 9.47 Å². The molecule has 0 aromatic heterocycles. The molecule has 1 atom stereocenters. The first-order valence-corrected chi connectivity index (χ1v) is 6.29. The molecule has 1 aliphatic heterocycles. The third-order valence-corrected chi connectivity index (χ3v) is 3.28. The van der Waals surface area contributed by atoms with E-state index in [1.807, 2.05) is 12.1 Å². The molecule has 4 heteroatoms. The second-order valence-corrected chi connectivity index (χ2v) is 4.70. The fourth-order valence-electron chi connectivity index (χ4n) is 1.86. The van der Waals surface area contributed by atoms with Gasteiger partial charge in [0.05, 0.1) is 17.6 Å². The van der Waals surface area contributed by atoms with Crippen molar-refractivity contribution in [1.82, 2.24) is 5.32 Å². The maximum absolute atomic E-state index is 5.67. The minimum absolute atomic E-state index is 0.279. The van der Waals surface area contributed by atoms with E-state index in [0.29, 0.717) is 6.61 Å². The van der Waals surface area contributed by atoms with Gasteiger partial charge in [0, 0.05) is 5.56 Å². The van der Waals surface area contributed by atoms with Gasteiger partial charge in [-0.15, -0.1) is 0 Å². The van der Waals surface area contributed by atoms with Crippen molar-refractivity contribution in [2.75, 3.05) is 20.3 Å². The van der Waals surface area contributed by atoms with E-state index in [-0.39, 0.29) is 6.04 Å². The highest BCUT2D eigenvalue weighted by atomic mass is 79.9. The normalized spacial score (nSPS) is 18.1. The highest BCUT2D eigenvalue weighted by molar-refractivity contribution is 9.10. The van der Waals surface area contributed by atoms with Crippen molar-refractivity contribution >= 4 is 15.9 Å². The van der Waals surface area contributed by atoms with Gasteiger partial charge in [-0.3, -0.25) is 0 Å². The zero-order valence-electron chi connectivity index (χ0n) is 9.55. The predicted molar refractivity (Wildman–Crippen MR) is 67.2 cm³/mol. The van der Waals surface area contributed by atoms with Gasteiger partial charge >= 0.3 is 0 Å². The van der Waals surface area contributed by atoms with Gasteiger partial charge in [0.2, 0.25) is 0 Å². The Kier molecular flexibility index (Phi) is 3.71. The van der Waals surface area contributed by atoms with Gasteiger partial charge in [0.1, 0.15) is 18.1 Å². The van der Waals surface area contributed by atoms with E-state index in [1.54, 1.807) is 7.11 Å². The number of ether oxygens (including phenoxy) is 2. The largest absolute Gasteiger partial charge is 0.497 e. The third-order valence-electron chi connectivity index (χ3n) is 2.69. The lowest BCUT2D eigenvalue weighted by atomic mass is 10.1. The van der Waals surface area contributed by atoms with E-state index in [0.717, 1.165) is 28.9 Å². The number of halogens is 1. The maximum atomic E-state index is 5.67. The van der Waals surface area contributed by atoms with Crippen LogP contribution in [0, 0.1) is 0 Å². The number of hydrogen-bond donors (Lipinski definition) is 1. The first-order valence-electron chi connectivity index (χ1n) is 5.50. The molecule has 88 valence electrons. The Bertz CT molecular complexity index is 382. The van der Waals surface area contributed by atoms with Crippen molar-refractivity contribution in [3.8, 4) is 11.5 Å². The summed E-state index contributed by atoms with van der Waals surface area (Å²) in [6.07, 6.45) is 1.12. The summed E-state index contributed by atoms with van der Waals surface area (Å²) in [6, 6.07) is 4.25. The number of hydrogen-bond acceptors (Lipinski definition) is 3. The smallest absolute Gasteiger partial charge is 0.138 e. The molecule has 0 aliphatic carbocycles. The van der Waals surface area contributed by atoms with Crippen LogP contribution in [-0.4, -0.2) is 20.3 Å². The molecule has 0 fully saturated rings. The zero-order valence-corrected chi connectivity index (χ0v) is 11.1. The second-order valence-electron chi connectivity index (χ2n) is 3.85. The Morgan fingerprint density at radius 3 is 3.06 bits per heavy atom. The second kappa shape index (κ2) is 5.06. The number of nitrogens with one attached hydrogen (secondary N) is 1. The van der Waals surface area contributed by atoms with E-state index >= 15 is 0 Å². The molecule has 1 unspecified atom stereocenters. The van der Waals surface area contributed by atoms with Crippen LogP contribution in [0.4, 0.5) is 0 Å². The van der Waals surface area contributed by atoms with Crippen molar-refractivity contribution in [3.05, 3.63) is 22.2 Å². The molecular formula is C12H16BrNO2. The summed E-state index contributed by atoms with van der Waals surface area (Å²) in [6.45, 7) is 3.86. The van der Waals surface area contributed by atoms with Gasteiger partial charge in [0.25, 0.3) is 0 Å². The lowest BCUT2D eigenvalue weighted by Crippen LogP contribution is -2.23. The lowest BCUT2D eigenvalue weighted by Gasteiger charge is -2.11. The average Bonchev–Trinajstić information content (AvgIpc) is 2.70. The summed E-state index contributed by atoms with van der Waals surface area (Å²) in [5, 5.41) is 3.46. The van der Waals surface area contributed by atoms with Crippen LogP contribution in [0.25, 0.3) is 0 Å². The fraction of sp³-hybridized carbons (Fsp3) is 0.500. The molecule has 0 radical (unpaired) electrons. The molecule has 0 saturated heterocycles. The van der Waals surface area contributed by atoms with Crippen LogP contribution >= 0.6 is 15.9 Å². The molecule has 1 N–H and O–H groups in total. The van der Waals surface area contributed by atoms with Gasteiger partial charge in [-0.1, -0.05) is 6.92 Å². The predicted octanol–water partition coefficient (Wildman–Crippen LogP) is 2.89.